The Morgan fingerprint density at radius 3 is 2.60 bits per heavy atom. The highest BCUT2D eigenvalue weighted by molar-refractivity contribution is 7.90. The highest BCUT2D eigenvalue weighted by atomic mass is 32.2. The Morgan fingerprint density at radius 1 is 1.40 bits per heavy atom. The summed E-state index contributed by atoms with van der Waals surface area (Å²) in [5.74, 6) is -0.511. The maximum atomic E-state index is 11.3. The van der Waals surface area contributed by atoms with E-state index in [9.17, 15) is 13.2 Å². The van der Waals surface area contributed by atoms with Gasteiger partial charge < -0.3 is 4.74 Å². The van der Waals surface area contributed by atoms with Crippen LogP contribution in [0, 0.1) is 0 Å². The highest BCUT2D eigenvalue weighted by Crippen LogP contribution is 2.12. The molecule has 0 aliphatic rings. The minimum absolute atomic E-state index is 0.119. The molecule has 5 heteroatoms. The zero-order valence-corrected chi connectivity index (χ0v) is 9.37. The first kappa shape index (κ1) is 11.7. The summed E-state index contributed by atoms with van der Waals surface area (Å²) < 4.78 is 27.2. The van der Waals surface area contributed by atoms with E-state index < -0.39 is 15.8 Å². The van der Waals surface area contributed by atoms with E-state index in [1.807, 2.05) is 0 Å². The zero-order chi connectivity index (χ0) is 11.5. The van der Waals surface area contributed by atoms with Crippen molar-refractivity contribution in [3.63, 3.8) is 0 Å². The quantitative estimate of drug-likeness (QED) is 0.731. The highest BCUT2D eigenvalue weighted by Gasteiger charge is 2.11. The minimum Gasteiger partial charge on any atom is -0.462 e. The Kier molecular flexibility index (Phi) is 3.47. The first-order chi connectivity index (χ1) is 6.95. The molecule has 0 N–H and O–H groups in total. The molecule has 0 fully saturated rings. The normalized spacial score (nSPS) is 11.1. The predicted molar refractivity (Wildman–Crippen MR) is 55.5 cm³/mol. The average molecular weight is 228 g/mol. The van der Waals surface area contributed by atoms with Crippen molar-refractivity contribution in [2.75, 3.05) is 12.9 Å². The van der Waals surface area contributed by atoms with Gasteiger partial charge in [0.1, 0.15) is 0 Å². The molecule has 0 heterocycles. The Labute approximate surface area is 88.8 Å². The fourth-order valence-corrected chi connectivity index (χ4v) is 1.73. The summed E-state index contributed by atoms with van der Waals surface area (Å²) >= 11 is 0. The van der Waals surface area contributed by atoms with Crippen molar-refractivity contribution in [1.82, 2.24) is 0 Å². The third kappa shape index (κ3) is 3.06. The van der Waals surface area contributed by atoms with Crippen LogP contribution in [0.25, 0.3) is 0 Å². The molecule has 0 amide bonds. The molecule has 0 saturated carbocycles. The molecule has 82 valence electrons. The second-order valence-electron chi connectivity index (χ2n) is 3.02. The lowest BCUT2D eigenvalue weighted by Crippen LogP contribution is -2.06. The lowest BCUT2D eigenvalue weighted by Gasteiger charge is -2.03. The molecule has 1 aromatic carbocycles. The van der Waals surface area contributed by atoms with Crippen LogP contribution in [0.3, 0.4) is 0 Å². The van der Waals surface area contributed by atoms with E-state index in [1.54, 1.807) is 6.92 Å². The van der Waals surface area contributed by atoms with Crippen LogP contribution in [0.2, 0.25) is 0 Å². The lowest BCUT2D eigenvalue weighted by molar-refractivity contribution is 0.0526. The number of hydrogen-bond donors (Lipinski definition) is 0. The molecule has 1 rings (SSSR count). The molecule has 0 saturated heterocycles. The van der Waals surface area contributed by atoms with E-state index in [4.69, 9.17) is 4.74 Å². The standard InChI is InChI=1S/C10H12O4S/c1-3-14-10(11)8-5-4-6-9(7-8)15(2,12)13/h4-7H,3H2,1-2H3. The molecule has 1 aromatic rings. The number of rotatable bonds is 3. The van der Waals surface area contributed by atoms with Gasteiger partial charge in [-0.2, -0.15) is 0 Å². The second-order valence-corrected chi connectivity index (χ2v) is 5.04. The summed E-state index contributed by atoms with van der Waals surface area (Å²) in [4.78, 5) is 11.4. The molecule has 15 heavy (non-hydrogen) atoms. The summed E-state index contributed by atoms with van der Waals surface area (Å²) in [6, 6.07) is 5.79. The number of carbonyl (C=O) groups excluding carboxylic acids is 1. The molecule has 0 radical (unpaired) electrons. The number of sulfone groups is 1. The van der Waals surface area contributed by atoms with Crippen LogP contribution in [0.5, 0.6) is 0 Å². The van der Waals surface area contributed by atoms with Gasteiger partial charge in [0.25, 0.3) is 0 Å². The monoisotopic (exact) mass is 228 g/mol. The SMILES string of the molecule is CCOC(=O)c1cccc(S(C)(=O)=O)c1. The third-order valence-electron chi connectivity index (χ3n) is 1.77. The molecule has 0 aliphatic carbocycles. The van der Waals surface area contributed by atoms with Gasteiger partial charge in [0.05, 0.1) is 17.1 Å². The second kappa shape index (κ2) is 4.44. The molecular formula is C10H12O4S. The Balaban J connectivity index is 3.09. The number of hydrogen-bond acceptors (Lipinski definition) is 4. The van der Waals surface area contributed by atoms with E-state index in [2.05, 4.69) is 0 Å². The van der Waals surface area contributed by atoms with E-state index in [0.29, 0.717) is 0 Å². The minimum atomic E-state index is -3.28. The van der Waals surface area contributed by atoms with Gasteiger partial charge in [0.15, 0.2) is 9.84 Å². The van der Waals surface area contributed by atoms with Crippen LogP contribution in [-0.2, 0) is 14.6 Å². The van der Waals surface area contributed by atoms with Crippen molar-refractivity contribution >= 4 is 15.8 Å². The zero-order valence-electron chi connectivity index (χ0n) is 8.56. The van der Waals surface area contributed by atoms with Crippen molar-refractivity contribution in [3.8, 4) is 0 Å². The van der Waals surface area contributed by atoms with Gasteiger partial charge in [0, 0.05) is 6.26 Å². The summed E-state index contributed by atoms with van der Waals surface area (Å²) in [5.41, 5.74) is 0.250. The maximum Gasteiger partial charge on any atom is 0.338 e. The van der Waals surface area contributed by atoms with Crippen molar-refractivity contribution in [2.24, 2.45) is 0 Å². The predicted octanol–water partition coefficient (Wildman–Crippen LogP) is 1.27. The number of ether oxygens (including phenoxy) is 1. The van der Waals surface area contributed by atoms with Crippen LogP contribution < -0.4 is 0 Å². The van der Waals surface area contributed by atoms with Crippen molar-refractivity contribution in [1.29, 1.82) is 0 Å². The first-order valence-corrected chi connectivity index (χ1v) is 6.31. The smallest absolute Gasteiger partial charge is 0.338 e. The number of carbonyl (C=O) groups is 1. The average Bonchev–Trinajstić information content (AvgIpc) is 2.17. The van der Waals surface area contributed by atoms with Gasteiger partial charge in [-0.1, -0.05) is 6.07 Å². The van der Waals surface area contributed by atoms with Crippen LogP contribution in [-0.4, -0.2) is 27.2 Å². The molecule has 0 atom stereocenters. The van der Waals surface area contributed by atoms with Gasteiger partial charge >= 0.3 is 5.97 Å². The fourth-order valence-electron chi connectivity index (χ4n) is 1.07. The summed E-state index contributed by atoms with van der Waals surface area (Å²) in [6.45, 7) is 1.96. The van der Waals surface area contributed by atoms with Crippen molar-refractivity contribution in [3.05, 3.63) is 29.8 Å². The summed E-state index contributed by atoms with van der Waals surface area (Å²) in [7, 11) is -3.28. The summed E-state index contributed by atoms with van der Waals surface area (Å²) in [5, 5.41) is 0. The lowest BCUT2D eigenvalue weighted by atomic mass is 10.2. The number of benzene rings is 1. The van der Waals surface area contributed by atoms with E-state index in [0.717, 1.165) is 6.26 Å². The molecule has 0 aliphatic heterocycles. The van der Waals surface area contributed by atoms with Crippen molar-refractivity contribution < 1.29 is 17.9 Å². The molecule has 0 aromatic heterocycles. The van der Waals surface area contributed by atoms with Crippen LogP contribution in [0.4, 0.5) is 0 Å². The first-order valence-electron chi connectivity index (χ1n) is 4.42. The Morgan fingerprint density at radius 2 is 2.07 bits per heavy atom. The largest absolute Gasteiger partial charge is 0.462 e. The van der Waals surface area contributed by atoms with E-state index in [-0.39, 0.29) is 17.1 Å². The molecule has 4 nitrogen and oxygen atoms in total. The third-order valence-corrected chi connectivity index (χ3v) is 2.88. The van der Waals surface area contributed by atoms with Crippen molar-refractivity contribution in [2.45, 2.75) is 11.8 Å². The van der Waals surface area contributed by atoms with Gasteiger partial charge in [-0.15, -0.1) is 0 Å². The summed E-state index contributed by atoms with van der Waals surface area (Å²) in [6.07, 6.45) is 1.09. The Bertz CT molecular complexity index is 462. The van der Waals surface area contributed by atoms with Crippen LogP contribution in [0.15, 0.2) is 29.2 Å². The molecule has 0 spiro atoms. The molecule has 0 bridgehead atoms. The molecular weight excluding hydrogens is 216 g/mol. The van der Waals surface area contributed by atoms with Gasteiger partial charge in [-0.25, -0.2) is 13.2 Å². The Hall–Kier alpha value is -1.36. The topological polar surface area (TPSA) is 60.4 Å². The van der Waals surface area contributed by atoms with Crippen LogP contribution in [0.1, 0.15) is 17.3 Å². The van der Waals surface area contributed by atoms with Gasteiger partial charge in [0.2, 0.25) is 0 Å². The van der Waals surface area contributed by atoms with Gasteiger partial charge in [-0.3, -0.25) is 0 Å². The van der Waals surface area contributed by atoms with E-state index >= 15 is 0 Å². The number of esters is 1. The molecule has 0 unspecified atom stereocenters. The fraction of sp³-hybridized carbons (Fsp3) is 0.300. The maximum absolute atomic E-state index is 11.3. The van der Waals surface area contributed by atoms with Gasteiger partial charge in [-0.05, 0) is 25.1 Å². The van der Waals surface area contributed by atoms with Crippen LogP contribution >= 0.6 is 0 Å². The van der Waals surface area contributed by atoms with E-state index in [1.165, 1.54) is 24.3 Å².